The Bertz CT molecular complexity index is 1160. The predicted octanol–water partition coefficient (Wildman–Crippen LogP) is 3.55. The molecule has 2 aromatic heterocycles. The van der Waals surface area contributed by atoms with E-state index in [2.05, 4.69) is 15.1 Å². The summed E-state index contributed by atoms with van der Waals surface area (Å²) in [7, 11) is 0. The van der Waals surface area contributed by atoms with Gasteiger partial charge in [0.1, 0.15) is 23.2 Å². The third-order valence-electron chi connectivity index (χ3n) is 3.68. The Balaban J connectivity index is 1.86. The minimum absolute atomic E-state index is 0.273. The van der Waals surface area contributed by atoms with Gasteiger partial charge in [0.2, 0.25) is 0 Å². The summed E-state index contributed by atoms with van der Waals surface area (Å²) in [5.41, 5.74) is 1.64. The van der Waals surface area contributed by atoms with E-state index in [0.717, 1.165) is 4.68 Å². The maximum absolute atomic E-state index is 13.4. The van der Waals surface area contributed by atoms with Crippen LogP contribution in [-0.2, 0) is 0 Å². The van der Waals surface area contributed by atoms with E-state index in [4.69, 9.17) is 11.6 Å². The lowest BCUT2D eigenvalue weighted by molar-refractivity contribution is 0.630. The number of benzene rings is 2. The highest BCUT2D eigenvalue weighted by molar-refractivity contribution is 6.33. The van der Waals surface area contributed by atoms with Crippen molar-refractivity contribution in [3.8, 4) is 0 Å². The Morgan fingerprint density at radius 3 is 2.92 bits per heavy atom. The van der Waals surface area contributed by atoms with Crippen LogP contribution in [0.15, 0.2) is 58.7 Å². The topological polar surface area (TPSA) is 63.0 Å². The van der Waals surface area contributed by atoms with Crippen molar-refractivity contribution in [1.29, 1.82) is 0 Å². The molecule has 5 nitrogen and oxygen atoms in total. The SMILES string of the molecule is O=c1c2[nH]c3ccc(F)cc3c2ncn1/N=C/c1ccccc1Cl. The zero-order valence-electron chi connectivity index (χ0n) is 12.2. The van der Waals surface area contributed by atoms with E-state index in [0.29, 0.717) is 27.0 Å². The van der Waals surface area contributed by atoms with Crippen LogP contribution in [0.2, 0.25) is 5.02 Å². The third-order valence-corrected chi connectivity index (χ3v) is 4.02. The number of nitrogens with one attached hydrogen (secondary N) is 1. The second kappa shape index (κ2) is 5.58. The van der Waals surface area contributed by atoms with Crippen molar-refractivity contribution in [1.82, 2.24) is 14.6 Å². The van der Waals surface area contributed by atoms with Gasteiger partial charge in [-0.05, 0) is 24.3 Å². The summed E-state index contributed by atoms with van der Waals surface area (Å²) in [5, 5.41) is 5.20. The number of hydrogen-bond donors (Lipinski definition) is 1. The minimum Gasteiger partial charge on any atom is -0.349 e. The Morgan fingerprint density at radius 1 is 1.25 bits per heavy atom. The molecule has 0 radical (unpaired) electrons. The molecule has 118 valence electrons. The van der Waals surface area contributed by atoms with Crippen molar-refractivity contribution >= 4 is 39.8 Å². The first kappa shape index (κ1) is 14.6. The molecule has 0 atom stereocenters. The molecule has 0 amide bonds. The van der Waals surface area contributed by atoms with E-state index < -0.39 is 0 Å². The summed E-state index contributed by atoms with van der Waals surface area (Å²) in [6, 6.07) is 11.4. The van der Waals surface area contributed by atoms with Crippen molar-refractivity contribution in [3.05, 3.63) is 75.5 Å². The molecule has 7 heteroatoms. The Kier molecular flexibility index (Phi) is 3.39. The van der Waals surface area contributed by atoms with Gasteiger partial charge in [0.25, 0.3) is 5.56 Å². The van der Waals surface area contributed by atoms with E-state index in [-0.39, 0.29) is 16.9 Å². The molecule has 0 unspecified atom stereocenters. The maximum Gasteiger partial charge on any atom is 0.298 e. The fourth-order valence-corrected chi connectivity index (χ4v) is 2.69. The minimum atomic E-state index is -0.383. The van der Waals surface area contributed by atoms with Crippen LogP contribution in [-0.4, -0.2) is 20.9 Å². The summed E-state index contributed by atoms with van der Waals surface area (Å²) in [6.45, 7) is 0. The number of hydrogen-bond acceptors (Lipinski definition) is 3. The molecule has 0 aliphatic rings. The van der Waals surface area contributed by atoms with E-state index in [1.165, 1.54) is 24.7 Å². The first-order valence-electron chi connectivity index (χ1n) is 7.11. The number of H-pyrrole nitrogens is 1. The molecule has 0 saturated heterocycles. The molecule has 0 fully saturated rings. The highest BCUT2D eigenvalue weighted by atomic mass is 35.5. The first-order chi connectivity index (χ1) is 11.6. The molecule has 0 saturated carbocycles. The predicted molar refractivity (Wildman–Crippen MR) is 92.3 cm³/mol. The van der Waals surface area contributed by atoms with Gasteiger partial charge in [0.15, 0.2) is 0 Å². The van der Waals surface area contributed by atoms with Gasteiger partial charge in [-0.2, -0.15) is 9.78 Å². The summed E-state index contributed by atoms with van der Waals surface area (Å²) >= 11 is 6.06. The van der Waals surface area contributed by atoms with Crippen LogP contribution in [0, 0.1) is 5.82 Å². The molecule has 2 aromatic carbocycles. The number of nitrogens with zero attached hydrogens (tertiary/aromatic N) is 3. The molecule has 0 bridgehead atoms. The second-order valence-corrected chi connectivity index (χ2v) is 5.61. The van der Waals surface area contributed by atoms with Crippen LogP contribution < -0.4 is 5.56 Å². The summed E-state index contributed by atoms with van der Waals surface area (Å²) in [5.74, 6) is -0.383. The lowest BCUT2D eigenvalue weighted by atomic mass is 10.2. The normalized spacial score (nSPS) is 11.8. The van der Waals surface area contributed by atoms with Crippen molar-refractivity contribution in [2.45, 2.75) is 0 Å². The van der Waals surface area contributed by atoms with Crippen molar-refractivity contribution in [3.63, 3.8) is 0 Å². The smallest absolute Gasteiger partial charge is 0.298 e. The Morgan fingerprint density at radius 2 is 2.08 bits per heavy atom. The van der Waals surface area contributed by atoms with E-state index >= 15 is 0 Å². The van der Waals surface area contributed by atoms with Gasteiger partial charge in [0.05, 0.1) is 6.21 Å². The van der Waals surface area contributed by atoms with Crippen LogP contribution in [0.25, 0.3) is 21.9 Å². The number of aromatic nitrogens is 3. The van der Waals surface area contributed by atoms with Crippen LogP contribution in [0.1, 0.15) is 5.56 Å². The number of halogens is 2. The molecule has 0 aliphatic carbocycles. The summed E-state index contributed by atoms with van der Waals surface area (Å²) in [4.78, 5) is 19.7. The van der Waals surface area contributed by atoms with Gasteiger partial charge in [-0.3, -0.25) is 4.79 Å². The fourth-order valence-electron chi connectivity index (χ4n) is 2.50. The molecular weight excluding hydrogens is 331 g/mol. The van der Waals surface area contributed by atoms with E-state index in [1.807, 2.05) is 12.1 Å². The van der Waals surface area contributed by atoms with Crippen LogP contribution in [0.3, 0.4) is 0 Å². The van der Waals surface area contributed by atoms with Gasteiger partial charge in [-0.25, -0.2) is 9.37 Å². The lowest BCUT2D eigenvalue weighted by Gasteiger charge is -1.99. The van der Waals surface area contributed by atoms with Crippen molar-refractivity contribution in [2.24, 2.45) is 5.10 Å². The molecule has 24 heavy (non-hydrogen) atoms. The highest BCUT2D eigenvalue weighted by Crippen LogP contribution is 2.22. The van der Waals surface area contributed by atoms with E-state index in [1.54, 1.807) is 18.2 Å². The number of rotatable bonds is 2. The quantitative estimate of drug-likeness (QED) is 0.567. The van der Waals surface area contributed by atoms with Gasteiger partial charge in [-0.1, -0.05) is 29.8 Å². The van der Waals surface area contributed by atoms with Gasteiger partial charge in [0, 0.05) is 21.5 Å². The second-order valence-electron chi connectivity index (χ2n) is 5.20. The molecule has 0 spiro atoms. The van der Waals surface area contributed by atoms with Crippen LogP contribution >= 0.6 is 11.6 Å². The first-order valence-corrected chi connectivity index (χ1v) is 7.49. The molecular formula is C17H10ClFN4O. The van der Waals surface area contributed by atoms with Crippen LogP contribution in [0.4, 0.5) is 4.39 Å². The average molecular weight is 341 g/mol. The standard InChI is InChI=1S/C17H10ClFN4O/c18-13-4-2-1-3-10(13)8-21-23-9-20-15-12-7-11(19)5-6-14(12)22-16(15)17(23)24/h1-9,22H/b21-8+. The Labute approximate surface area is 140 Å². The average Bonchev–Trinajstić information content (AvgIpc) is 2.94. The zero-order valence-corrected chi connectivity index (χ0v) is 13.0. The fraction of sp³-hybridized carbons (Fsp3) is 0. The molecule has 4 rings (SSSR count). The highest BCUT2D eigenvalue weighted by Gasteiger charge is 2.11. The molecule has 4 aromatic rings. The number of aromatic amines is 1. The monoisotopic (exact) mass is 340 g/mol. The van der Waals surface area contributed by atoms with Gasteiger partial charge < -0.3 is 4.98 Å². The van der Waals surface area contributed by atoms with Crippen molar-refractivity contribution in [2.75, 3.05) is 0 Å². The molecule has 1 N–H and O–H groups in total. The third kappa shape index (κ3) is 2.37. The van der Waals surface area contributed by atoms with Crippen molar-refractivity contribution < 1.29 is 4.39 Å². The lowest BCUT2D eigenvalue weighted by Crippen LogP contribution is -2.17. The largest absolute Gasteiger partial charge is 0.349 e. The zero-order chi connectivity index (χ0) is 16.7. The maximum atomic E-state index is 13.4. The number of fused-ring (bicyclic) bond motifs is 3. The van der Waals surface area contributed by atoms with Crippen LogP contribution in [0.5, 0.6) is 0 Å². The van der Waals surface area contributed by atoms with Gasteiger partial charge >= 0.3 is 0 Å². The van der Waals surface area contributed by atoms with Gasteiger partial charge in [-0.15, -0.1) is 0 Å². The summed E-state index contributed by atoms with van der Waals surface area (Å²) < 4.78 is 14.5. The molecule has 2 heterocycles. The summed E-state index contributed by atoms with van der Waals surface area (Å²) in [6.07, 6.45) is 2.79. The van der Waals surface area contributed by atoms with E-state index in [9.17, 15) is 9.18 Å². The Hall–Kier alpha value is -2.99. The molecule has 0 aliphatic heterocycles.